The average Bonchev–Trinajstić information content (AvgIpc) is 2.45. The summed E-state index contributed by atoms with van der Waals surface area (Å²) >= 11 is 0. The fourth-order valence-corrected chi connectivity index (χ4v) is 1.83. The second-order valence-electron chi connectivity index (χ2n) is 4.02. The fourth-order valence-electron chi connectivity index (χ4n) is 1.83. The summed E-state index contributed by atoms with van der Waals surface area (Å²) in [6.45, 7) is 0. The van der Waals surface area contributed by atoms with Crippen LogP contribution in [0.5, 0.6) is 5.75 Å². The van der Waals surface area contributed by atoms with Gasteiger partial charge in [-0.2, -0.15) is 10.2 Å². The molecule has 1 aromatic heterocycles. The van der Waals surface area contributed by atoms with E-state index in [-0.39, 0.29) is 34.3 Å². The maximum Gasteiger partial charge on any atom is 0.339 e. The minimum atomic E-state index is -1.12. The van der Waals surface area contributed by atoms with Crippen molar-refractivity contribution in [3.05, 3.63) is 29.3 Å². The lowest BCUT2D eigenvalue weighted by Crippen LogP contribution is -2.06. The number of aromatic carboxylic acids is 1. The third-order valence-electron chi connectivity index (χ3n) is 2.77. The van der Waals surface area contributed by atoms with Gasteiger partial charge in [0, 0.05) is 5.56 Å². The molecule has 21 heavy (non-hydrogen) atoms. The van der Waals surface area contributed by atoms with E-state index in [2.05, 4.69) is 9.97 Å². The molecule has 8 heteroatoms. The number of benzene rings is 1. The molecule has 0 aliphatic carbocycles. The second kappa shape index (κ2) is 5.34. The molecular formula is C13H11N5O3. The molecule has 0 fully saturated rings. The Bertz CT molecular complexity index is 767. The van der Waals surface area contributed by atoms with Crippen LogP contribution >= 0.6 is 0 Å². The highest BCUT2D eigenvalue weighted by Gasteiger charge is 2.17. The normalized spacial score (nSPS) is 9.90. The largest absolute Gasteiger partial charge is 0.496 e. The smallest absolute Gasteiger partial charge is 0.339 e. The third-order valence-corrected chi connectivity index (χ3v) is 2.77. The van der Waals surface area contributed by atoms with Crippen molar-refractivity contribution < 1.29 is 14.6 Å². The topological polar surface area (TPSA) is 148 Å². The summed E-state index contributed by atoms with van der Waals surface area (Å²) in [5, 5.41) is 18.2. The molecule has 0 unspecified atom stereocenters. The molecule has 1 heterocycles. The summed E-state index contributed by atoms with van der Waals surface area (Å²) in [5.41, 5.74) is 11.9. The van der Waals surface area contributed by atoms with Crippen molar-refractivity contribution in [1.29, 1.82) is 5.26 Å². The maximum absolute atomic E-state index is 11.1. The van der Waals surface area contributed by atoms with Crippen LogP contribution in [0.1, 0.15) is 15.9 Å². The molecule has 0 spiro atoms. The first-order valence-corrected chi connectivity index (χ1v) is 5.72. The van der Waals surface area contributed by atoms with Gasteiger partial charge in [-0.3, -0.25) is 0 Å². The second-order valence-corrected chi connectivity index (χ2v) is 4.02. The first kappa shape index (κ1) is 14.1. The minimum absolute atomic E-state index is 0.00485. The number of nitrogens with zero attached hydrogens (tertiary/aromatic N) is 3. The van der Waals surface area contributed by atoms with E-state index in [0.29, 0.717) is 5.56 Å². The zero-order chi connectivity index (χ0) is 15.6. The number of anilines is 2. The third kappa shape index (κ3) is 2.52. The van der Waals surface area contributed by atoms with Gasteiger partial charge in [0.2, 0.25) is 5.95 Å². The van der Waals surface area contributed by atoms with Gasteiger partial charge in [0.1, 0.15) is 28.8 Å². The average molecular weight is 285 g/mol. The summed E-state index contributed by atoms with van der Waals surface area (Å²) < 4.78 is 5.03. The van der Waals surface area contributed by atoms with E-state index in [1.165, 1.54) is 25.3 Å². The van der Waals surface area contributed by atoms with Crippen LogP contribution in [-0.2, 0) is 0 Å². The lowest BCUT2D eigenvalue weighted by molar-refractivity contribution is 0.0693. The predicted molar refractivity (Wildman–Crippen MR) is 74.5 cm³/mol. The Labute approximate surface area is 119 Å². The van der Waals surface area contributed by atoms with E-state index in [0.717, 1.165) is 0 Å². The highest BCUT2D eigenvalue weighted by atomic mass is 16.5. The number of nitrogen functional groups attached to an aromatic ring is 2. The van der Waals surface area contributed by atoms with Gasteiger partial charge >= 0.3 is 5.97 Å². The van der Waals surface area contributed by atoms with E-state index in [1.54, 1.807) is 0 Å². The Morgan fingerprint density at radius 3 is 2.67 bits per heavy atom. The summed E-state index contributed by atoms with van der Waals surface area (Å²) in [6.07, 6.45) is 0. The molecule has 2 aromatic rings. The van der Waals surface area contributed by atoms with Gasteiger partial charge in [0.05, 0.1) is 12.8 Å². The Morgan fingerprint density at radius 1 is 1.38 bits per heavy atom. The summed E-state index contributed by atoms with van der Waals surface area (Å²) in [5.74, 6) is -1.11. The number of methoxy groups -OCH3 is 1. The molecule has 0 saturated carbocycles. The van der Waals surface area contributed by atoms with Crippen molar-refractivity contribution in [3.63, 3.8) is 0 Å². The zero-order valence-electron chi connectivity index (χ0n) is 11.0. The maximum atomic E-state index is 11.1. The molecule has 1 aromatic carbocycles. The number of ether oxygens (including phenoxy) is 1. The van der Waals surface area contributed by atoms with Crippen LogP contribution in [0.25, 0.3) is 11.3 Å². The first-order chi connectivity index (χ1) is 9.97. The molecule has 0 aliphatic heterocycles. The molecule has 0 saturated heterocycles. The van der Waals surface area contributed by atoms with Crippen molar-refractivity contribution in [3.8, 4) is 23.1 Å². The van der Waals surface area contributed by atoms with Crippen LogP contribution < -0.4 is 16.2 Å². The summed E-state index contributed by atoms with van der Waals surface area (Å²) in [4.78, 5) is 18.8. The number of nitriles is 1. The molecule has 0 atom stereocenters. The number of hydrogen-bond donors (Lipinski definition) is 3. The Morgan fingerprint density at radius 2 is 2.10 bits per heavy atom. The predicted octanol–water partition coefficient (Wildman–Crippen LogP) is 0.886. The van der Waals surface area contributed by atoms with Gasteiger partial charge in [-0.15, -0.1) is 0 Å². The van der Waals surface area contributed by atoms with Gasteiger partial charge in [-0.25, -0.2) is 9.78 Å². The Kier molecular flexibility index (Phi) is 3.58. The van der Waals surface area contributed by atoms with E-state index in [1.807, 2.05) is 6.07 Å². The first-order valence-electron chi connectivity index (χ1n) is 5.72. The molecular weight excluding hydrogens is 274 g/mol. The number of carbonyl (C=O) groups is 1. The Hall–Kier alpha value is -3.34. The van der Waals surface area contributed by atoms with Crippen molar-refractivity contribution >= 4 is 17.7 Å². The van der Waals surface area contributed by atoms with Crippen molar-refractivity contribution in [2.45, 2.75) is 0 Å². The SMILES string of the molecule is COc1cc(-c2nc(N)nc(N)c2C#N)ccc1C(=O)O. The van der Waals surface area contributed by atoms with Gasteiger partial charge in [0.25, 0.3) is 0 Å². The van der Waals surface area contributed by atoms with Crippen LogP contribution in [0, 0.1) is 11.3 Å². The highest BCUT2D eigenvalue weighted by molar-refractivity contribution is 5.92. The number of aromatic nitrogens is 2. The van der Waals surface area contributed by atoms with Crippen LogP contribution in [-0.4, -0.2) is 28.2 Å². The fraction of sp³-hybridized carbons (Fsp3) is 0.0769. The number of nitrogens with two attached hydrogens (primary N) is 2. The number of carboxylic acid groups (broad SMARTS) is 1. The minimum Gasteiger partial charge on any atom is -0.496 e. The molecule has 0 aliphatic rings. The van der Waals surface area contributed by atoms with E-state index in [4.69, 9.17) is 26.6 Å². The summed E-state index contributed by atoms with van der Waals surface area (Å²) in [7, 11) is 1.35. The van der Waals surface area contributed by atoms with Gasteiger partial charge in [0.15, 0.2) is 0 Å². The van der Waals surface area contributed by atoms with E-state index < -0.39 is 5.97 Å². The van der Waals surface area contributed by atoms with Gasteiger partial charge in [-0.1, -0.05) is 6.07 Å². The molecule has 0 radical (unpaired) electrons. The van der Waals surface area contributed by atoms with Crippen LogP contribution in [0.15, 0.2) is 18.2 Å². The summed E-state index contributed by atoms with van der Waals surface area (Å²) in [6, 6.07) is 6.20. The Balaban J connectivity index is 2.69. The standard InChI is InChI=1S/C13H11N5O3/c1-21-9-4-6(2-3-7(9)12(19)20)10-8(5-14)11(15)18-13(16)17-10/h2-4H,1H3,(H,19,20)(H4,15,16,17,18). The van der Waals surface area contributed by atoms with E-state index >= 15 is 0 Å². The highest BCUT2D eigenvalue weighted by Crippen LogP contribution is 2.30. The number of carboxylic acids is 1. The van der Waals surface area contributed by atoms with Gasteiger partial charge in [-0.05, 0) is 12.1 Å². The zero-order valence-corrected chi connectivity index (χ0v) is 11.0. The molecule has 0 bridgehead atoms. The lowest BCUT2D eigenvalue weighted by Gasteiger charge is -2.10. The molecule has 0 amide bonds. The van der Waals surface area contributed by atoms with Crippen molar-refractivity contribution in [1.82, 2.24) is 9.97 Å². The van der Waals surface area contributed by atoms with Crippen LogP contribution in [0.4, 0.5) is 11.8 Å². The lowest BCUT2D eigenvalue weighted by atomic mass is 10.0. The quantitative estimate of drug-likeness (QED) is 0.752. The van der Waals surface area contributed by atoms with Crippen molar-refractivity contribution in [2.24, 2.45) is 0 Å². The number of hydrogen-bond acceptors (Lipinski definition) is 7. The molecule has 8 nitrogen and oxygen atoms in total. The number of rotatable bonds is 3. The van der Waals surface area contributed by atoms with Gasteiger partial charge < -0.3 is 21.3 Å². The monoisotopic (exact) mass is 285 g/mol. The molecule has 5 N–H and O–H groups in total. The molecule has 2 rings (SSSR count). The van der Waals surface area contributed by atoms with Crippen LogP contribution in [0.2, 0.25) is 0 Å². The molecule has 106 valence electrons. The van der Waals surface area contributed by atoms with Crippen LogP contribution in [0.3, 0.4) is 0 Å². The van der Waals surface area contributed by atoms with E-state index in [9.17, 15) is 4.79 Å². The van der Waals surface area contributed by atoms with Crippen molar-refractivity contribution in [2.75, 3.05) is 18.6 Å².